The molecule has 1 aromatic carbocycles. The second-order valence-corrected chi connectivity index (χ2v) is 8.05. The fraction of sp³-hybridized carbons (Fsp3) is 0.682. The van der Waals surface area contributed by atoms with Gasteiger partial charge in [0.15, 0.2) is 5.96 Å². The standard InChI is InChI=1S/C22H36N4O2/c1-18-6-4-5-7-19(18)16-26-12-8-20(9-13-26)25-21(23-2)24-17-22(27-3)10-14-28-15-11-22/h4-7,20H,8-17H2,1-3H3,(H2,23,24,25). The highest BCUT2D eigenvalue weighted by Crippen LogP contribution is 2.23. The SMILES string of the molecule is CN=C(NCC1(OC)CCOCC1)NC1CCN(Cc2ccccc2C)CC1. The van der Waals surface area contributed by atoms with Crippen molar-refractivity contribution in [1.29, 1.82) is 0 Å². The highest BCUT2D eigenvalue weighted by Gasteiger charge is 2.32. The molecule has 2 fully saturated rings. The van der Waals surface area contributed by atoms with Crippen LogP contribution in [0.2, 0.25) is 0 Å². The van der Waals surface area contributed by atoms with Crippen LogP contribution in [0.1, 0.15) is 36.8 Å². The van der Waals surface area contributed by atoms with Gasteiger partial charge >= 0.3 is 0 Å². The number of nitrogens with zero attached hydrogens (tertiary/aromatic N) is 2. The van der Waals surface area contributed by atoms with E-state index in [2.05, 4.69) is 51.7 Å². The van der Waals surface area contributed by atoms with Crippen LogP contribution in [-0.2, 0) is 16.0 Å². The van der Waals surface area contributed by atoms with Gasteiger partial charge in [-0.2, -0.15) is 0 Å². The molecule has 0 atom stereocenters. The monoisotopic (exact) mass is 388 g/mol. The smallest absolute Gasteiger partial charge is 0.191 e. The highest BCUT2D eigenvalue weighted by molar-refractivity contribution is 5.80. The largest absolute Gasteiger partial charge is 0.381 e. The summed E-state index contributed by atoms with van der Waals surface area (Å²) in [5.74, 6) is 0.875. The molecule has 2 heterocycles. The Hall–Kier alpha value is -1.63. The average molecular weight is 389 g/mol. The van der Waals surface area contributed by atoms with E-state index in [0.717, 1.165) is 71.0 Å². The van der Waals surface area contributed by atoms with Crippen LogP contribution >= 0.6 is 0 Å². The summed E-state index contributed by atoms with van der Waals surface area (Å²) < 4.78 is 11.3. The summed E-state index contributed by atoms with van der Waals surface area (Å²) >= 11 is 0. The van der Waals surface area contributed by atoms with Crippen molar-refractivity contribution >= 4 is 5.96 Å². The molecule has 3 rings (SSSR count). The number of likely N-dealkylation sites (tertiary alicyclic amines) is 1. The first kappa shape index (κ1) is 21.1. The van der Waals surface area contributed by atoms with Crippen LogP contribution in [0, 0.1) is 6.92 Å². The Bertz CT molecular complexity index is 635. The van der Waals surface area contributed by atoms with E-state index < -0.39 is 0 Å². The zero-order chi connectivity index (χ0) is 19.8. The maximum Gasteiger partial charge on any atom is 0.191 e. The van der Waals surface area contributed by atoms with Crippen LogP contribution in [0.25, 0.3) is 0 Å². The second kappa shape index (κ2) is 10.2. The Labute approximate surface area is 169 Å². The Balaban J connectivity index is 1.43. The summed E-state index contributed by atoms with van der Waals surface area (Å²) in [7, 11) is 3.64. The Morgan fingerprint density at radius 1 is 1.25 bits per heavy atom. The van der Waals surface area contributed by atoms with E-state index in [-0.39, 0.29) is 5.60 Å². The van der Waals surface area contributed by atoms with E-state index in [1.165, 1.54) is 11.1 Å². The number of guanidine groups is 1. The van der Waals surface area contributed by atoms with Crippen LogP contribution in [0.3, 0.4) is 0 Å². The van der Waals surface area contributed by atoms with Gasteiger partial charge in [0, 0.05) is 72.4 Å². The fourth-order valence-corrected chi connectivity index (χ4v) is 4.09. The Kier molecular flexibility index (Phi) is 7.71. The Morgan fingerprint density at radius 3 is 2.61 bits per heavy atom. The second-order valence-electron chi connectivity index (χ2n) is 8.05. The van der Waals surface area contributed by atoms with E-state index >= 15 is 0 Å². The summed E-state index contributed by atoms with van der Waals surface area (Å²) in [4.78, 5) is 6.98. The topological polar surface area (TPSA) is 58.1 Å². The number of aliphatic imine (C=N–C) groups is 1. The molecule has 0 bridgehead atoms. The number of benzene rings is 1. The Morgan fingerprint density at radius 2 is 1.96 bits per heavy atom. The van der Waals surface area contributed by atoms with Gasteiger partial charge in [-0.15, -0.1) is 0 Å². The van der Waals surface area contributed by atoms with Crippen molar-refractivity contribution < 1.29 is 9.47 Å². The van der Waals surface area contributed by atoms with Gasteiger partial charge in [0.05, 0.1) is 5.60 Å². The van der Waals surface area contributed by atoms with Crippen LogP contribution in [-0.4, -0.2) is 69.5 Å². The van der Waals surface area contributed by atoms with Crippen molar-refractivity contribution in [3.05, 3.63) is 35.4 Å². The van der Waals surface area contributed by atoms with Crippen molar-refractivity contribution in [3.8, 4) is 0 Å². The zero-order valence-corrected chi connectivity index (χ0v) is 17.7. The number of rotatable bonds is 6. The fourth-order valence-electron chi connectivity index (χ4n) is 4.09. The van der Waals surface area contributed by atoms with Crippen molar-refractivity contribution in [1.82, 2.24) is 15.5 Å². The lowest BCUT2D eigenvalue weighted by atomic mass is 9.94. The maximum atomic E-state index is 5.81. The molecule has 0 aliphatic carbocycles. The molecule has 0 radical (unpaired) electrons. The van der Waals surface area contributed by atoms with Crippen molar-refractivity contribution in [2.45, 2.75) is 50.8 Å². The number of hydrogen-bond donors (Lipinski definition) is 2. The molecule has 0 saturated carbocycles. The molecular weight excluding hydrogens is 352 g/mol. The first-order chi connectivity index (χ1) is 13.6. The molecule has 0 aromatic heterocycles. The summed E-state index contributed by atoms with van der Waals surface area (Å²) in [5.41, 5.74) is 2.67. The van der Waals surface area contributed by atoms with Gasteiger partial charge in [0.2, 0.25) is 0 Å². The number of nitrogens with one attached hydrogen (secondary N) is 2. The molecule has 2 N–H and O–H groups in total. The minimum absolute atomic E-state index is 0.146. The lowest BCUT2D eigenvalue weighted by molar-refractivity contribution is -0.0855. The minimum atomic E-state index is -0.146. The lowest BCUT2D eigenvalue weighted by Gasteiger charge is -2.37. The number of piperidine rings is 1. The zero-order valence-electron chi connectivity index (χ0n) is 17.7. The van der Waals surface area contributed by atoms with Crippen molar-refractivity contribution in [3.63, 3.8) is 0 Å². The molecule has 6 heteroatoms. The van der Waals surface area contributed by atoms with Crippen molar-refractivity contribution in [2.24, 2.45) is 4.99 Å². The summed E-state index contributed by atoms with van der Waals surface area (Å²) in [6.45, 7) is 7.76. The highest BCUT2D eigenvalue weighted by atomic mass is 16.5. The summed E-state index contributed by atoms with van der Waals surface area (Å²) in [6.07, 6.45) is 4.11. The first-order valence-corrected chi connectivity index (χ1v) is 10.5. The molecule has 156 valence electrons. The van der Waals surface area contributed by atoms with Crippen molar-refractivity contribution in [2.75, 3.05) is 47.0 Å². The molecule has 28 heavy (non-hydrogen) atoms. The average Bonchev–Trinajstić information content (AvgIpc) is 2.74. The molecule has 1 aromatic rings. The molecule has 0 unspecified atom stereocenters. The number of aryl methyl sites for hydroxylation is 1. The van der Waals surface area contributed by atoms with Crippen LogP contribution in [0.15, 0.2) is 29.3 Å². The number of ether oxygens (including phenoxy) is 2. The molecule has 2 aliphatic heterocycles. The van der Waals surface area contributed by atoms with Gasteiger partial charge in [-0.05, 0) is 30.9 Å². The maximum absolute atomic E-state index is 5.81. The molecular formula is C22H36N4O2. The number of hydrogen-bond acceptors (Lipinski definition) is 4. The van der Waals surface area contributed by atoms with E-state index in [9.17, 15) is 0 Å². The van der Waals surface area contributed by atoms with Crippen LogP contribution in [0.5, 0.6) is 0 Å². The predicted molar refractivity (Wildman–Crippen MR) is 114 cm³/mol. The third-order valence-corrected chi connectivity index (χ3v) is 6.22. The van der Waals surface area contributed by atoms with Gasteiger partial charge in [0.1, 0.15) is 0 Å². The third kappa shape index (κ3) is 5.69. The lowest BCUT2D eigenvalue weighted by Crippen LogP contribution is -2.53. The molecule has 0 amide bonds. The quantitative estimate of drug-likeness (QED) is 0.579. The van der Waals surface area contributed by atoms with E-state index in [4.69, 9.17) is 9.47 Å². The molecule has 0 spiro atoms. The van der Waals surface area contributed by atoms with Crippen LogP contribution < -0.4 is 10.6 Å². The van der Waals surface area contributed by atoms with Crippen LogP contribution in [0.4, 0.5) is 0 Å². The molecule has 2 aliphatic rings. The predicted octanol–water partition coefficient (Wildman–Crippen LogP) is 2.32. The van der Waals surface area contributed by atoms with Gasteiger partial charge in [-0.1, -0.05) is 24.3 Å². The van der Waals surface area contributed by atoms with E-state index in [0.29, 0.717) is 6.04 Å². The van der Waals surface area contributed by atoms with Gasteiger partial charge in [-0.3, -0.25) is 9.89 Å². The van der Waals surface area contributed by atoms with Gasteiger partial charge in [0.25, 0.3) is 0 Å². The van der Waals surface area contributed by atoms with Gasteiger partial charge < -0.3 is 20.1 Å². The van der Waals surface area contributed by atoms with E-state index in [1.54, 1.807) is 7.11 Å². The normalized spacial score (nSPS) is 21.5. The third-order valence-electron chi connectivity index (χ3n) is 6.22. The summed E-state index contributed by atoms with van der Waals surface area (Å²) in [5, 5.41) is 7.09. The summed E-state index contributed by atoms with van der Waals surface area (Å²) in [6, 6.07) is 9.16. The minimum Gasteiger partial charge on any atom is -0.381 e. The van der Waals surface area contributed by atoms with Gasteiger partial charge in [-0.25, -0.2) is 0 Å². The molecule has 2 saturated heterocycles. The number of methoxy groups -OCH3 is 1. The molecule has 6 nitrogen and oxygen atoms in total. The van der Waals surface area contributed by atoms with E-state index in [1.807, 2.05) is 7.05 Å². The first-order valence-electron chi connectivity index (χ1n) is 10.5.